The van der Waals surface area contributed by atoms with Crippen LogP contribution in [0.5, 0.6) is 0 Å². The maximum Gasteiger partial charge on any atom is 0.226 e. The Morgan fingerprint density at radius 3 is 2.28 bits per heavy atom. The van der Waals surface area contributed by atoms with Crippen LogP contribution in [-0.2, 0) is 4.79 Å². The van der Waals surface area contributed by atoms with Gasteiger partial charge < -0.3 is 4.90 Å². The normalized spacial score (nSPS) is 31.1. The van der Waals surface area contributed by atoms with Crippen LogP contribution in [0.15, 0.2) is 0 Å². The number of piperidine rings is 1. The van der Waals surface area contributed by atoms with E-state index in [1.165, 1.54) is 51.5 Å². The van der Waals surface area contributed by atoms with E-state index in [2.05, 4.69) is 9.80 Å². The number of carbonyl (C=O) groups is 1. The standard InChI is InChI=1S/C15H26N2O/c18-15(16-9-3-4-10-16)13-6-5-11-17(12-13)14-7-1-2-8-14/h13-14H,1-12H2/t13-/m1/s1. The van der Waals surface area contributed by atoms with Crippen LogP contribution in [0, 0.1) is 5.92 Å². The molecule has 2 saturated heterocycles. The van der Waals surface area contributed by atoms with Crippen LogP contribution < -0.4 is 0 Å². The Morgan fingerprint density at radius 1 is 0.833 bits per heavy atom. The molecule has 3 fully saturated rings. The molecule has 0 N–H and O–H groups in total. The molecule has 18 heavy (non-hydrogen) atoms. The van der Waals surface area contributed by atoms with Crippen LogP contribution in [-0.4, -0.2) is 47.9 Å². The Hall–Kier alpha value is -0.570. The Bertz CT molecular complexity index is 293. The lowest BCUT2D eigenvalue weighted by molar-refractivity contribution is -0.136. The van der Waals surface area contributed by atoms with Crippen molar-refractivity contribution in [2.75, 3.05) is 26.2 Å². The lowest BCUT2D eigenvalue weighted by atomic mass is 9.95. The predicted octanol–water partition coefficient (Wildman–Crippen LogP) is 2.26. The lowest BCUT2D eigenvalue weighted by Crippen LogP contribution is -2.47. The van der Waals surface area contributed by atoms with Crippen molar-refractivity contribution >= 4 is 5.91 Å². The second-order valence-corrected chi connectivity index (χ2v) is 6.30. The maximum atomic E-state index is 12.5. The van der Waals surface area contributed by atoms with Crippen molar-refractivity contribution in [3.63, 3.8) is 0 Å². The number of likely N-dealkylation sites (tertiary alicyclic amines) is 2. The summed E-state index contributed by atoms with van der Waals surface area (Å²) in [7, 11) is 0. The molecule has 3 aliphatic rings. The van der Waals surface area contributed by atoms with Gasteiger partial charge in [-0.2, -0.15) is 0 Å². The molecule has 3 nitrogen and oxygen atoms in total. The van der Waals surface area contributed by atoms with E-state index in [4.69, 9.17) is 0 Å². The molecule has 0 bridgehead atoms. The Labute approximate surface area is 111 Å². The van der Waals surface area contributed by atoms with E-state index in [1.54, 1.807) is 0 Å². The summed E-state index contributed by atoms with van der Waals surface area (Å²) < 4.78 is 0. The van der Waals surface area contributed by atoms with Gasteiger partial charge in [-0.15, -0.1) is 0 Å². The van der Waals surface area contributed by atoms with Gasteiger partial charge in [0.05, 0.1) is 5.92 Å². The monoisotopic (exact) mass is 250 g/mol. The highest BCUT2D eigenvalue weighted by atomic mass is 16.2. The molecule has 0 radical (unpaired) electrons. The van der Waals surface area contributed by atoms with Gasteiger partial charge in [-0.05, 0) is 45.1 Å². The number of hydrogen-bond donors (Lipinski definition) is 0. The molecule has 0 aromatic rings. The number of carbonyl (C=O) groups excluding carboxylic acids is 1. The maximum absolute atomic E-state index is 12.5. The lowest BCUT2D eigenvalue weighted by Gasteiger charge is -2.37. The number of hydrogen-bond acceptors (Lipinski definition) is 2. The highest BCUT2D eigenvalue weighted by Gasteiger charge is 2.33. The van der Waals surface area contributed by atoms with Gasteiger partial charge in [0.2, 0.25) is 5.91 Å². The summed E-state index contributed by atoms with van der Waals surface area (Å²) in [5, 5.41) is 0. The van der Waals surface area contributed by atoms with Crippen molar-refractivity contribution in [3.05, 3.63) is 0 Å². The summed E-state index contributed by atoms with van der Waals surface area (Å²) in [6, 6.07) is 0.791. The molecule has 2 heterocycles. The van der Waals surface area contributed by atoms with Crippen molar-refractivity contribution in [2.45, 2.75) is 57.4 Å². The van der Waals surface area contributed by atoms with E-state index >= 15 is 0 Å². The fraction of sp³-hybridized carbons (Fsp3) is 0.933. The Balaban J connectivity index is 1.57. The topological polar surface area (TPSA) is 23.6 Å². The first-order chi connectivity index (χ1) is 8.84. The molecule has 0 aromatic carbocycles. The van der Waals surface area contributed by atoms with E-state index in [0.717, 1.165) is 32.1 Å². The van der Waals surface area contributed by atoms with E-state index < -0.39 is 0 Å². The SMILES string of the molecule is O=C([C@@H]1CCCN(C2CCCC2)C1)N1CCCC1. The van der Waals surface area contributed by atoms with Crippen LogP contribution in [0.25, 0.3) is 0 Å². The van der Waals surface area contributed by atoms with Crippen molar-refractivity contribution in [3.8, 4) is 0 Å². The average Bonchev–Trinajstić information content (AvgIpc) is 3.11. The second kappa shape index (κ2) is 5.60. The third-order valence-corrected chi connectivity index (χ3v) is 5.06. The van der Waals surface area contributed by atoms with E-state index in [0.29, 0.717) is 11.8 Å². The van der Waals surface area contributed by atoms with Crippen LogP contribution in [0.2, 0.25) is 0 Å². The first-order valence-electron chi connectivity index (χ1n) is 7.87. The molecular formula is C15H26N2O. The summed E-state index contributed by atoms with van der Waals surface area (Å²) in [6.45, 7) is 4.30. The highest BCUT2D eigenvalue weighted by molar-refractivity contribution is 5.79. The van der Waals surface area contributed by atoms with Gasteiger partial charge in [-0.3, -0.25) is 9.69 Å². The van der Waals surface area contributed by atoms with Crippen molar-refractivity contribution in [2.24, 2.45) is 5.92 Å². The predicted molar refractivity (Wildman–Crippen MR) is 72.4 cm³/mol. The van der Waals surface area contributed by atoms with Gasteiger partial charge in [0.15, 0.2) is 0 Å². The van der Waals surface area contributed by atoms with Gasteiger partial charge in [-0.1, -0.05) is 12.8 Å². The summed E-state index contributed by atoms with van der Waals surface area (Å²) in [5.74, 6) is 0.757. The van der Waals surface area contributed by atoms with Crippen LogP contribution in [0.4, 0.5) is 0 Å². The number of rotatable bonds is 2. The first kappa shape index (κ1) is 12.5. The smallest absolute Gasteiger partial charge is 0.226 e. The third-order valence-electron chi connectivity index (χ3n) is 5.06. The minimum atomic E-state index is 0.303. The number of amides is 1. The van der Waals surface area contributed by atoms with Gasteiger partial charge in [0.25, 0.3) is 0 Å². The quantitative estimate of drug-likeness (QED) is 0.750. The fourth-order valence-electron chi connectivity index (χ4n) is 4.00. The van der Waals surface area contributed by atoms with E-state index in [1.807, 2.05) is 0 Å². The van der Waals surface area contributed by atoms with Crippen LogP contribution in [0.1, 0.15) is 51.4 Å². The molecular weight excluding hydrogens is 224 g/mol. The van der Waals surface area contributed by atoms with Crippen molar-refractivity contribution < 1.29 is 4.79 Å². The zero-order valence-electron chi connectivity index (χ0n) is 11.4. The summed E-state index contributed by atoms with van der Waals surface area (Å²) in [4.78, 5) is 17.2. The Morgan fingerprint density at radius 2 is 1.56 bits per heavy atom. The molecule has 0 spiro atoms. The Kier molecular flexibility index (Phi) is 3.88. The average molecular weight is 250 g/mol. The molecule has 0 aromatic heterocycles. The zero-order valence-corrected chi connectivity index (χ0v) is 11.4. The van der Waals surface area contributed by atoms with Crippen LogP contribution in [0.3, 0.4) is 0 Å². The van der Waals surface area contributed by atoms with Gasteiger partial charge >= 0.3 is 0 Å². The molecule has 2 aliphatic heterocycles. The van der Waals surface area contributed by atoms with Gasteiger partial charge in [0, 0.05) is 25.7 Å². The van der Waals surface area contributed by atoms with Gasteiger partial charge in [-0.25, -0.2) is 0 Å². The molecule has 1 amide bonds. The third kappa shape index (κ3) is 2.56. The molecule has 3 heteroatoms. The van der Waals surface area contributed by atoms with Crippen molar-refractivity contribution in [1.82, 2.24) is 9.80 Å². The minimum Gasteiger partial charge on any atom is -0.342 e. The largest absolute Gasteiger partial charge is 0.342 e. The zero-order chi connectivity index (χ0) is 12.4. The minimum absolute atomic E-state index is 0.303. The number of nitrogens with zero attached hydrogens (tertiary/aromatic N) is 2. The van der Waals surface area contributed by atoms with E-state index in [-0.39, 0.29) is 0 Å². The summed E-state index contributed by atoms with van der Waals surface area (Å²) >= 11 is 0. The molecule has 1 saturated carbocycles. The highest BCUT2D eigenvalue weighted by Crippen LogP contribution is 2.29. The fourth-order valence-corrected chi connectivity index (χ4v) is 4.00. The van der Waals surface area contributed by atoms with E-state index in [9.17, 15) is 4.79 Å². The molecule has 102 valence electrons. The summed E-state index contributed by atoms with van der Waals surface area (Å²) in [5.41, 5.74) is 0. The molecule has 1 aliphatic carbocycles. The molecule has 0 unspecified atom stereocenters. The van der Waals surface area contributed by atoms with Crippen LogP contribution >= 0.6 is 0 Å². The molecule has 1 atom stereocenters. The first-order valence-corrected chi connectivity index (χ1v) is 7.87. The van der Waals surface area contributed by atoms with Crippen molar-refractivity contribution in [1.29, 1.82) is 0 Å². The summed E-state index contributed by atoms with van der Waals surface area (Å²) in [6.07, 6.45) is 10.3. The van der Waals surface area contributed by atoms with Gasteiger partial charge in [0.1, 0.15) is 0 Å². The second-order valence-electron chi connectivity index (χ2n) is 6.30. The molecule has 3 rings (SSSR count).